The minimum Gasteiger partial charge on any atom is -0.375 e. The minimum absolute atomic E-state index is 0.00201. The largest absolute Gasteiger partial charge is 0.375 e. The Balaban J connectivity index is 1.46. The third-order valence-electron chi connectivity index (χ3n) is 7.60. The Labute approximate surface area is 244 Å². The second-order valence-electron chi connectivity index (χ2n) is 10.2. The summed E-state index contributed by atoms with van der Waals surface area (Å²) in [4.78, 5) is 18.9. The van der Waals surface area contributed by atoms with E-state index in [1.165, 1.54) is 17.9 Å². The number of nitrogens with zero attached hydrogens (tertiary/aromatic N) is 3. The van der Waals surface area contributed by atoms with Crippen molar-refractivity contribution in [2.45, 2.75) is 25.9 Å². The van der Waals surface area contributed by atoms with Gasteiger partial charge in [0.05, 0.1) is 23.5 Å². The highest BCUT2D eigenvalue weighted by Crippen LogP contribution is 2.44. The molecule has 1 aliphatic heterocycles. The number of nitrogens with one attached hydrogen (secondary N) is 2. The Morgan fingerprint density at radius 1 is 1.00 bits per heavy atom. The molecule has 5 aromatic rings. The van der Waals surface area contributed by atoms with E-state index in [0.717, 1.165) is 34.0 Å². The van der Waals surface area contributed by atoms with Crippen LogP contribution in [0, 0.1) is 13.8 Å². The number of anilines is 2. The van der Waals surface area contributed by atoms with Crippen molar-refractivity contribution in [3.63, 3.8) is 0 Å². The van der Waals surface area contributed by atoms with Crippen LogP contribution in [0.4, 0.5) is 11.4 Å². The summed E-state index contributed by atoms with van der Waals surface area (Å²) in [5.41, 5.74) is 7.13. The summed E-state index contributed by atoms with van der Waals surface area (Å²) >= 11 is 5.95. The standard InChI is InChI=1S/C33H31N5O2S/c1-21-19-27(22(2)37(21)29-13-8-10-23-9-4-5-11-26(23)29)32-31(28-12-6-7-18-34-28)36-33(41)38(32)25-16-14-24(15-17-25)35-30(39)20-40-3/h4-19,31-32H,20H2,1-3H3,(H,35,39)(H,36,41)/t31-,32+/m0/s1. The number of benzene rings is 3. The number of pyridine rings is 1. The Hall–Kier alpha value is -4.53. The van der Waals surface area contributed by atoms with Gasteiger partial charge in [-0.3, -0.25) is 9.78 Å². The number of ether oxygens (including phenoxy) is 1. The molecule has 1 amide bonds. The second kappa shape index (κ2) is 11.2. The maximum Gasteiger partial charge on any atom is 0.250 e. The summed E-state index contributed by atoms with van der Waals surface area (Å²) < 4.78 is 7.27. The van der Waals surface area contributed by atoms with Crippen molar-refractivity contribution >= 4 is 45.4 Å². The highest BCUT2D eigenvalue weighted by atomic mass is 32.1. The maximum atomic E-state index is 12.0. The number of rotatable bonds is 7. The summed E-state index contributed by atoms with van der Waals surface area (Å²) in [7, 11) is 1.50. The van der Waals surface area contributed by atoms with Crippen molar-refractivity contribution in [2.75, 3.05) is 23.9 Å². The number of fused-ring (bicyclic) bond motifs is 1. The van der Waals surface area contributed by atoms with Crippen molar-refractivity contribution in [3.8, 4) is 5.69 Å². The zero-order valence-electron chi connectivity index (χ0n) is 23.2. The zero-order valence-corrected chi connectivity index (χ0v) is 24.0. The number of amides is 1. The molecule has 2 aromatic heterocycles. The first kappa shape index (κ1) is 26.7. The van der Waals surface area contributed by atoms with Gasteiger partial charge in [-0.1, -0.05) is 42.5 Å². The first-order chi connectivity index (χ1) is 20.0. The van der Waals surface area contributed by atoms with Crippen LogP contribution in [-0.4, -0.2) is 34.3 Å². The Morgan fingerprint density at radius 2 is 1.76 bits per heavy atom. The number of thiocarbonyl (C=S) groups is 1. The van der Waals surface area contributed by atoms with E-state index >= 15 is 0 Å². The van der Waals surface area contributed by atoms with E-state index in [-0.39, 0.29) is 24.6 Å². The normalized spacial score (nSPS) is 16.7. The fraction of sp³-hybridized carbons (Fsp3) is 0.182. The Bertz CT molecular complexity index is 1730. The van der Waals surface area contributed by atoms with Crippen molar-refractivity contribution in [1.82, 2.24) is 14.9 Å². The first-order valence-corrected chi connectivity index (χ1v) is 13.9. The molecule has 41 heavy (non-hydrogen) atoms. The molecule has 1 fully saturated rings. The first-order valence-electron chi connectivity index (χ1n) is 13.5. The van der Waals surface area contributed by atoms with Gasteiger partial charge in [0, 0.05) is 41.5 Å². The number of hydrogen-bond donors (Lipinski definition) is 2. The van der Waals surface area contributed by atoms with Gasteiger partial charge in [-0.25, -0.2) is 0 Å². The van der Waals surface area contributed by atoms with Gasteiger partial charge >= 0.3 is 0 Å². The van der Waals surface area contributed by atoms with Crippen LogP contribution in [0.1, 0.15) is 34.7 Å². The van der Waals surface area contributed by atoms with E-state index in [4.69, 9.17) is 21.9 Å². The predicted octanol–water partition coefficient (Wildman–Crippen LogP) is 6.40. The maximum absolute atomic E-state index is 12.0. The number of aromatic nitrogens is 2. The molecular weight excluding hydrogens is 530 g/mol. The van der Waals surface area contributed by atoms with E-state index in [9.17, 15) is 4.79 Å². The molecule has 0 saturated carbocycles. The van der Waals surface area contributed by atoms with E-state index in [0.29, 0.717) is 10.8 Å². The number of methoxy groups -OCH3 is 1. The van der Waals surface area contributed by atoms with E-state index in [2.05, 4.69) is 82.5 Å². The van der Waals surface area contributed by atoms with Crippen molar-refractivity contribution < 1.29 is 9.53 Å². The van der Waals surface area contributed by atoms with Gasteiger partial charge in [0.2, 0.25) is 5.91 Å². The molecule has 3 heterocycles. The second-order valence-corrected chi connectivity index (χ2v) is 10.6. The lowest BCUT2D eigenvalue weighted by Gasteiger charge is -2.28. The van der Waals surface area contributed by atoms with Crippen LogP contribution in [0.2, 0.25) is 0 Å². The molecule has 0 radical (unpaired) electrons. The molecule has 3 aromatic carbocycles. The van der Waals surface area contributed by atoms with Gasteiger partial charge < -0.3 is 24.8 Å². The van der Waals surface area contributed by atoms with Crippen LogP contribution >= 0.6 is 12.2 Å². The summed E-state index contributed by atoms with van der Waals surface area (Å²) in [5, 5.41) is 9.44. The highest BCUT2D eigenvalue weighted by molar-refractivity contribution is 7.80. The summed E-state index contributed by atoms with van der Waals surface area (Å²) in [6.07, 6.45) is 1.82. The average molecular weight is 562 g/mol. The van der Waals surface area contributed by atoms with Crippen molar-refractivity contribution in [2.24, 2.45) is 0 Å². The van der Waals surface area contributed by atoms with E-state index in [1.807, 2.05) is 48.7 Å². The third kappa shape index (κ3) is 4.96. The Kier molecular flexibility index (Phi) is 7.26. The van der Waals surface area contributed by atoms with Gasteiger partial charge in [-0.15, -0.1) is 0 Å². The van der Waals surface area contributed by atoms with Crippen molar-refractivity contribution in [1.29, 1.82) is 0 Å². The molecule has 1 saturated heterocycles. The number of hydrogen-bond acceptors (Lipinski definition) is 4. The van der Waals surface area contributed by atoms with Crippen molar-refractivity contribution in [3.05, 3.63) is 120 Å². The fourth-order valence-corrected chi connectivity index (χ4v) is 6.19. The molecule has 2 atom stereocenters. The Morgan fingerprint density at radius 3 is 2.51 bits per heavy atom. The summed E-state index contributed by atoms with van der Waals surface area (Å²) in [6, 6.07) is 30.5. The molecule has 206 valence electrons. The third-order valence-corrected chi connectivity index (χ3v) is 7.91. The van der Waals surface area contributed by atoms with Gasteiger partial charge in [0.1, 0.15) is 6.61 Å². The lowest BCUT2D eigenvalue weighted by molar-refractivity contribution is -0.119. The molecule has 6 rings (SSSR count). The van der Waals surface area contributed by atoms with E-state index in [1.54, 1.807) is 0 Å². The van der Waals surface area contributed by atoms with E-state index < -0.39 is 0 Å². The molecule has 1 aliphatic rings. The monoisotopic (exact) mass is 561 g/mol. The SMILES string of the molecule is COCC(=O)Nc1ccc(N2C(=S)N[C@@H](c3ccccn3)[C@H]2c2cc(C)n(-c3cccc4ccccc34)c2C)cc1. The summed E-state index contributed by atoms with van der Waals surface area (Å²) in [5.74, 6) is -0.201. The van der Waals surface area contributed by atoms with Crippen LogP contribution in [0.3, 0.4) is 0 Å². The molecule has 0 unspecified atom stereocenters. The van der Waals surface area contributed by atoms with Crippen LogP contribution in [0.15, 0.2) is 97.2 Å². The summed E-state index contributed by atoms with van der Waals surface area (Å²) in [6.45, 7) is 4.33. The van der Waals surface area contributed by atoms with Crippen LogP contribution in [-0.2, 0) is 9.53 Å². The highest BCUT2D eigenvalue weighted by Gasteiger charge is 2.42. The fourth-order valence-electron chi connectivity index (χ4n) is 5.84. The quantitative estimate of drug-likeness (QED) is 0.224. The molecule has 0 bridgehead atoms. The molecule has 2 N–H and O–H groups in total. The van der Waals surface area contributed by atoms with Crippen LogP contribution in [0.5, 0.6) is 0 Å². The van der Waals surface area contributed by atoms with Crippen LogP contribution < -0.4 is 15.5 Å². The molecule has 0 aliphatic carbocycles. The lowest BCUT2D eigenvalue weighted by atomic mass is 9.96. The number of aryl methyl sites for hydroxylation is 1. The predicted molar refractivity (Wildman–Crippen MR) is 168 cm³/mol. The zero-order chi connectivity index (χ0) is 28.5. The number of carbonyl (C=O) groups excluding carboxylic acids is 1. The van der Waals surface area contributed by atoms with Gasteiger partial charge in [0.15, 0.2) is 5.11 Å². The lowest BCUT2D eigenvalue weighted by Crippen LogP contribution is -2.29. The molecule has 0 spiro atoms. The minimum atomic E-state index is -0.201. The van der Waals surface area contributed by atoms with Gasteiger partial charge in [0.25, 0.3) is 0 Å². The molecule has 7 nitrogen and oxygen atoms in total. The molecule has 8 heteroatoms. The number of carbonyl (C=O) groups is 1. The van der Waals surface area contributed by atoms with Gasteiger partial charge in [-0.05, 0) is 85.5 Å². The topological polar surface area (TPSA) is 71.4 Å². The molecular formula is C33H31N5O2S. The average Bonchev–Trinajstić information content (AvgIpc) is 3.48. The van der Waals surface area contributed by atoms with Crippen LogP contribution in [0.25, 0.3) is 16.5 Å². The van der Waals surface area contributed by atoms with Gasteiger partial charge in [-0.2, -0.15) is 0 Å². The smallest absolute Gasteiger partial charge is 0.250 e.